The molecule has 0 heterocycles. The topological polar surface area (TPSA) is 55.8 Å². The number of benzene rings is 2. The van der Waals surface area contributed by atoms with Gasteiger partial charge in [-0.15, -0.1) is 0 Å². The van der Waals surface area contributed by atoms with Crippen molar-refractivity contribution in [2.75, 3.05) is 13.2 Å². The number of hydrogen-bond acceptors (Lipinski definition) is 4. The van der Waals surface area contributed by atoms with Crippen LogP contribution in [0.25, 0.3) is 6.08 Å². The van der Waals surface area contributed by atoms with E-state index in [-0.39, 0.29) is 16.9 Å². The summed E-state index contributed by atoms with van der Waals surface area (Å²) in [6.07, 6.45) is 5.15. The molecular weight excluding hydrogens is 364 g/mol. The summed E-state index contributed by atoms with van der Waals surface area (Å²) in [7, 11) is 0. The Labute approximate surface area is 174 Å². The Morgan fingerprint density at radius 1 is 0.966 bits per heavy atom. The first-order chi connectivity index (χ1) is 13.8. The number of carbonyl (C=O) groups is 1. The summed E-state index contributed by atoms with van der Waals surface area (Å²) in [5.74, 6) is 1.54. The number of phenols is 1. The monoisotopic (exact) mass is 396 g/mol. The summed E-state index contributed by atoms with van der Waals surface area (Å²) in [6, 6.07) is 10.2. The average molecular weight is 397 g/mol. The van der Waals surface area contributed by atoms with Crippen molar-refractivity contribution in [2.45, 2.75) is 52.9 Å². The maximum absolute atomic E-state index is 12.5. The number of ketones is 1. The highest BCUT2D eigenvalue weighted by Crippen LogP contribution is 2.37. The minimum Gasteiger partial charge on any atom is -0.508 e. The molecule has 2 aromatic rings. The molecule has 0 amide bonds. The van der Waals surface area contributed by atoms with Crippen LogP contribution in [0.5, 0.6) is 17.2 Å². The third kappa shape index (κ3) is 6.38. The van der Waals surface area contributed by atoms with Crippen LogP contribution in [0.2, 0.25) is 0 Å². The van der Waals surface area contributed by atoms with Crippen molar-refractivity contribution in [2.24, 2.45) is 0 Å². The van der Waals surface area contributed by atoms with Crippen LogP contribution in [0.4, 0.5) is 0 Å². The Morgan fingerprint density at radius 2 is 1.55 bits per heavy atom. The van der Waals surface area contributed by atoms with Crippen LogP contribution in [0.1, 0.15) is 68.9 Å². The van der Waals surface area contributed by atoms with Crippen LogP contribution in [-0.2, 0) is 5.41 Å². The minimum atomic E-state index is -0.130. The van der Waals surface area contributed by atoms with E-state index in [2.05, 4.69) is 40.7 Å². The van der Waals surface area contributed by atoms with Crippen LogP contribution in [0.15, 0.2) is 42.5 Å². The molecule has 1 N–H and O–H groups in total. The van der Waals surface area contributed by atoms with Gasteiger partial charge in [0, 0.05) is 22.8 Å². The lowest BCUT2D eigenvalue weighted by Crippen LogP contribution is -2.15. The third-order valence-electron chi connectivity index (χ3n) is 4.41. The van der Waals surface area contributed by atoms with Crippen molar-refractivity contribution < 1.29 is 19.4 Å². The van der Waals surface area contributed by atoms with E-state index < -0.39 is 0 Å². The predicted molar refractivity (Wildman–Crippen MR) is 118 cm³/mol. The fourth-order valence-electron chi connectivity index (χ4n) is 2.85. The number of carbonyl (C=O) groups excluding carboxylic acids is 1. The van der Waals surface area contributed by atoms with Crippen molar-refractivity contribution in [3.8, 4) is 17.2 Å². The molecule has 0 aliphatic rings. The highest BCUT2D eigenvalue weighted by atomic mass is 16.5. The molecule has 156 valence electrons. The molecule has 0 aliphatic heterocycles. The summed E-state index contributed by atoms with van der Waals surface area (Å²) in [5.41, 5.74) is 2.33. The van der Waals surface area contributed by atoms with E-state index in [1.165, 1.54) is 12.1 Å². The molecule has 2 rings (SSSR count). The van der Waals surface area contributed by atoms with Gasteiger partial charge in [-0.3, -0.25) is 4.79 Å². The number of hydrogen-bond donors (Lipinski definition) is 1. The fourth-order valence-corrected chi connectivity index (χ4v) is 2.85. The molecular formula is C25H32O4. The molecule has 0 aliphatic carbocycles. The van der Waals surface area contributed by atoms with Gasteiger partial charge in [-0.05, 0) is 60.7 Å². The first kappa shape index (κ1) is 22.5. The number of ether oxygens (including phenoxy) is 2. The summed E-state index contributed by atoms with van der Waals surface area (Å²) in [4.78, 5) is 12.5. The maximum atomic E-state index is 12.5. The predicted octanol–water partition coefficient (Wildman–Crippen LogP) is 6.16. The standard InChI is InChI=1S/C25H32O4/c1-6-14-28-23-17-24(29-15-7-2)21(25(3,4)5)16-19(23)10-13-22(27)18-8-11-20(26)12-9-18/h8-13,16-17,26H,6-7,14-15H2,1-5H3/b13-10+. The third-order valence-corrected chi connectivity index (χ3v) is 4.41. The van der Waals surface area contributed by atoms with Crippen LogP contribution in [0, 0.1) is 0 Å². The molecule has 4 nitrogen and oxygen atoms in total. The Bertz CT molecular complexity index is 842. The van der Waals surface area contributed by atoms with Crippen LogP contribution < -0.4 is 9.47 Å². The molecule has 0 spiro atoms. The summed E-state index contributed by atoms with van der Waals surface area (Å²) in [5, 5.41) is 9.40. The minimum absolute atomic E-state index is 0.115. The van der Waals surface area contributed by atoms with Gasteiger partial charge < -0.3 is 14.6 Å². The Morgan fingerprint density at radius 3 is 2.10 bits per heavy atom. The zero-order valence-corrected chi connectivity index (χ0v) is 18.1. The zero-order chi connectivity index (χ0) is 21.4. The van der Waals surface area contributed by atoms with Gasteiger partial charge in [-0.25, -0.2) is 0 Å². The van der Waals surface area contributed by atoms with E-state index in [4.69, 9.17) is 9.47 Å². The Balaban J connectivity index is 2.43. The molecule has 0 aromatic heterocycles. The average Bonchev–Trinajstić information content (AvgIpc) is 2.68. The van der Waals surface area contributed by atoms with E-state index in [0.29, 0.717) is 24.5 Å². The van der Waals surface area contributed by atoms with E-state index in [9.17, 15) is 9.90 Å². The van der Waals surface area contributed by atoms with Gasteiger partial charge in [0.15, 0.2) is 5.78 Å². The van der Waals surface area contributed by atoms with Crippen molar-refractivity contribution >= 4 is 11.9 Å². The SMILES string of the molecule is CCCOc1cc(OCCC)c(C(C)(C)C)cc1/C=C/C(=O)c1ccc(O)cc1. The molecule has 0 saturated heterocycles. The summed E-state index contributed by atoms with van der Waals surface area (Å²) >= 11 is 0. The summed E-state index contributed by atoms with van der Waals surface area (Å²) in [6.45, 7) is 11.8. The van der Waals surface area contributed by atoms with Crippen LogP contribution in [0.3, 0.4) is 0 Å². The normalized spacial score (nSPS) is 11.6. The van der Waals surface area contributed by atoms with Crippen molar-refractivity contribution in [1.82, 2.24) is 0 Å². The van der Waals surface area contributed by atoms with Crippen molar-refractivity contribution in [3.63, 3.8) is 0 Å². The van der Waals surface area contributed by atoms with Gasteiger partial charge in [-0.1, -0.05) is 34.6 Å². The highest BCUT2D eigenvalue weighted by Gasteiger charge is 2.22. The largest absolute Gasteiger partial charge is 0.508 e. The molecule has 0 bridgehead atoms. The second-order valence-electron chi connectivity index (χ2n) is 8.08. The number of aromatic hydroxyl groups is 1. The van der Waals surface area contributed by atoms with Gasteiger partial charge in [0.2, 0.25) is 0 Å². The lowest BCUT2D eigenvalue weighted by atomic mass is 9.85. The smallest absolute Gasteiger partial charge is 0.185 e. The van der Waals surface area contributed by atoms with E-state index in [1.54, 1.807) is 24.3 Å². The van der Waals surface area contributed by atoms with Gasteiger partial charge in [0.25, 0.3) is 0 Å². The van der Waals surface area contributed by atoms with Gasteiger partial charge >= 0.3 is 0 Å². The first-order valence-electron chi connectivity index (χ1n) is 10.2. The van der Waals surface area contributed by atoms with Gasteiger partial charge in [0.05, 0.1) is 13.2 Å². The maximum Gasteiger partial charge on any atom is 0.185 e. The number of phenolic OH excluding ortho intramolecular Hbond substituents is 1. The quantitative estimate of drug-likeness (QED) is 0.407. The van der Waals surface area contributed by atoms with Crippen molar-refractivity contribution in [3.05, 3.63) is 59.2 Å². The molecule has 0 atom stereocenters. The van der Waals surface area contributed by atoms with Gasteiger partial charge in [-0.2, -0.15) is 0 Å². The summed E-state index contributed by atoms with van der Waals surface area (Å²) < 4.78 is 12.0. The van der Waals surface area contributed by atoms with E-state index in [0.717, 1.165) is 29.7 Å². The molecule has 29 heavy (non-hydrogen) atoms. The van der Waals surface area contributed by atoms with Crippen molar-refractivity contribution in [1.29, 1.82) is 0 Å². The Hall–Kier alpha value is -2.75. The van der Waals surface area contributed by atoms with E-state index >= 15 is 0 Å². The number of rotatable bonds is 9. The lowest BCUT2D eigenvalue weighted by Gasteiger charge is -2.25. The molecule has 0 radical (unpaired) electrons. The molecule has 4 heteroatoms. The van der Waals surface area contributed by atoms with Gasteiger partial charge in [0.1, 0.15) is 17.2 Å². The second-order valence-corrected chi connectivity index (χ2v) is 8.08. The number of allylic oxidation sites excluding steroid dienone is 1. The zero-order valence-electron chi connectivity index (χ0n) is 18.1. The van der Waals surface area contributed by atoms with Crippen LogP contribution in [-0.4, -0.2) is 24.1 Å². The highest BCUT2D eigenvalue weighted by molar-refractivity contribution is 6.07. The molecule has 0 fully saturated rings. The molecule has 0 saturated carbocycles. The Kier molecular flexibility index (Phi) is 7.89. The fraction of sp³-hybridized carbons (Fsp3) is 0.400. The van der Waals surface area contributed by atoms with E-state index in [1.807, 2.05) is 6.07 Å². The molecule has 2 aromatic carbocycles. The first-order valence-corrected chi connectivity index (χ1v) is 10.2. The lowest BCUT2D eigenvalue weighted by molar-refractivity contribution is 0.104. The van der Waals surface area contributed by atoms with Crippen LogP contribution >= 0.6 is 0 Å². The second kappa shape index (κ2) is 10.1. The molecule has 0 unspecified atom stereocenters.